The van der Waals surface area contributed by atoms with Crippen LogP contribution in [-0.2, 0) is 17.9 Å². The van der Waals surface area contributed by atoms with Crippen molar-refractivity contribution in [2.75, 3.05) is 0 Å². The fourth-order valence-corrected chi connectivity index (χ4v) is 2.84. The van der Waals surface area contributed by atoms with E-state index in [0.717, 1.165) is 0 Å². The highest BCUT2D eigenvalue weighted by atomic mass is 19.4. The van der Waals surface area contributed by atoms with E-state index in [1.165, 1.54) is 6.07 Å². The Labute approximate surface area is 175 Å². The Bertz CT molecular complexity index is 1150. The van der Waals surface area contributed by atoms with Gasteiger partial charge in [0.25, 0.3) is 5.91 Å². The number of H-pyrrole nitrogens is 1. The number of hydrogen-bond acceptors (Lipinski definition) is 4. The molecule has 0 saturated carbocycles. The molecule has 2 amide bonds. The summed E-state index contributed by atoms with van der Waals surface area (Å²) in [5, 5.41) is 14.1. The lowest BCUT2D eigenvalue weighted by molar-refractivity contribution is -0.144. The molecule has 0 aliphatic rings. The molecule has 3 N–H and O–H groups in total. The van der Waals surface area contributed by atoms with Crippen molar-refractivity contribution in [3.63, 3.8) is 0 Å². The van der Waals surface area contributed by atoms with Gasteiger partial charge >= 0.3 is 6.18 Å². The molecular weight excluding hydrogens is 411 g/mol. The Morgan fingerprint density at radius 1 is 1.10 bits per heavy atom. The molecule has 1 heterocycles. The van der Waals surface area contributed by atoms with Crippen LogP contribution in [0, 0.1) is 11.3 Å². The first kappa shape index (κ1) is 21.8. The second kappa shape index (κ2) is 9.30. The number of fused-ring (bicyclic) bond motifs is 1. The normalized spacial score (nSPS) is 11.2. The molecule has 10 heteroatoms. The zero-order chi connectivity index (χ0) is 22.4. The van der Waals surface area contributed by atoms with Crippen LogP contribution >= 0.6 is 0 Å². The number of nitrogens with one attached hydrogen (secondary N) is 3. The van der Waals surface area contributed by atoms with Gasteiger partial charge in [-0.05, 0) is 35.9 Å². The lowest BCUT2D eigenvalue weighted by atomic mass is 10.1. The van der Waals surface area contributed by atoms with Gasteiger partial charge in [-0.15, -0.1) is 0 Å². The van der Waals surface area contributed by atoms with Crippen LogP contribution in [0.2, 0.25) is 0 Å². The fourth-order valence-electron chi connectivity index (χ4n) is 2.84. The number of benzene rings is 2. The molecule has 1 aromatic heterocycles. The van der Waals surface area contributed by atoms with Crippen LogP contribution in [0.4, 0.5) is 13.2 Å². The quantitative estimate of drug-likeness (QED) is 0.535. The van der Waals surface area contributed by atoms with E-state index in [4.69, 9.17) is 5.26 Å². The molecule has 0 aliphatic carbocycles. The Kier molecular flexibility index (Phi) is 6.55. The van der Waals surface area contributed by atoms with Crippen LogP contribution in [0.3, 0.4) is 0 Å². The SMILES string of the molecule is N#Cc1cccc(C(=O)NCc2nc3ccc(CNC(=O)CCC(F)(F)F)cc3[nH]2)c1. The van der Waals surface area contributed by atoms with E-state index < -0.39 is 24.9 Å². The van der Waals surface area contributed by atoms with E-state index in [-0.39, 0.29) is 19.0 Å². The van der Waals surface area contributed by atoms with E-state index >= 15 is 0 Å². The number of carbonyl (C=O) groups excluding carboxylic acids is 2. The van der Waals surface area contributed by atoms with Crippen LogP contribution in [0.15, 0.2) is 42.5 Å². The summed E-state index contributed by atoms with van der Waals surface area (Å²) in [6, 6.07) is 13.4. The number of hydrogen-bond donors (Lipinski definition) is 3. The molecule has 0 saturated heterocycles. The maximum absolute atomic E-state index is 12.2. The van der Waals surface area contributed by atoms with Crippen LogP contribution in [-0.4, -0.2) is 28.0 Å². The Hall–Kier alpha value is -3.87. The summed E-state index contributed by atoms with van der Waals surface area (Å²) in [5.41, 5.74) is 2.74. The zero-order valence-corrected chi connectivity index (χ0v) is 16.2. The first-order valence-corrected chi connectivity index (χ1v) is 9.33. The van der Waals surface area contributed by atoms with Crippen LogP contribution < -0.4 is 10.6 Å². The Morgan fingerprint density at radius 3 is 2.65 bits per heavy atom. The summed E-state index contributed by atoms with van der Waals surface area (Å²) in [6.07, 6.45) is -6.14. The number of imidazole rings is 1. The van der Waals surface area contributed by atoms with Gasteiger partial charge in [0, 0.05) is 18.5 Å². The zero-order valence-electron chi connectivity index (χ0n) is 16.2. The summed E-state index contributed by atoms with van der Waals surface area (Å²) >= 11 is 0. The maximum atomic E-state index is 12.2. The largest absolute Gasteiger partial charge is 0.389 e. The number of nitriles is 1. The standard InChI is InChI=1S/C21H18F3N5O2/c22-21(23,24)7-6-19(30)26-11-14-4-5-16-17(9-14)29-18(28-16)12-27-20(31)15-3-1-2-13(8-15)10-25/h1-5,8-9H,6-7,11-12H2,(H,26,30)(H,27,31)(H,28,29). The van der Waals surface area contributed by atoms with Crippen LogP contribution in [0.25, 0.3) is 11.0 Å². The third-order valence-electron chi connectivity index (χ3n) is 4.39. The minimum atomic E-state index is -4.36. The van der Waals surface area contributed by atoms with E-state index in [9.17, 15) is 22.8 Å². The molecule has 0 atom stereocenters. The molecule has 0 aliphatic heterocycles. The molecule has 0 spiro atoms. The fraction of sp³-hybridized carbons (Fsp3) is 0.238. The monoisotopic (exact) mass is 429 g/mol. The minimum absolute atomic E-state index is 0.0902. The highest BCUT2D eigenvalue weighted by Crippen LogP contribution is 2.21. The van der Waals surface area contributed by atoms with E-state index in [0.29, 0.717) is 33.5 Å². The van der Waals surface area contributed by atoms with Gasteiger partial charge in [0.2, 0.25) is 5.91 Å². The maximum Gasteiger partial charge on any atom is 0.389 e. The second-order valence-electron chi connectivity index (χ2n) is 6.80. The summed E-state index contributed by atoms with van der Waals surface area (Å²) in [7, 11) is 0. The highest BCUT2D eigenvalue weighted by Gasteiger charge is 2.27. The van der Waals surface area contributed by atoms with E-state index in [1.54, 1.807) is 36.4 Å². The smallest absolute Gasteiger partial charge is 0.352 e. The average Bonchev–Trinajstić information content (AvgIpc) is 3.16. The van der Waals surface area contributed by atoms with Gasteiger partial charge in [-0.25, -0.2) is 4.98 Å². The number of aromatic nitrogens is 2. The first-order chi connectivity index (χ1) is 14.7. The van der Waals surface area contributed by atoms with Crippen molar-refractivity contribution >= 4 is 22.8 Å². The van der Waals surface area contributed by atoms with Gasteiger partial charge < -0.3 is 15.6 Å². The molecular formula is C21H18F3N5O2. The number of rotatable bonds is 7. The molecule has 0 fully saturated rings. The topological polar surface area (TPSA) is 111 Å². The second-order valence-corrected chi connectivity index (χ2v) is 6.80. The van der Waals surface area contributed by atoms with E-state index in [2.05, 4.69) is 20.6 Å². The molecule has 3 aromatic rings. The van der Waals surface area contributed by atoms with Crippen molar-refractivity contribution in [2.45, 2.75) is 32.1 Å². The summed E-state index contributed by atoms with van der Waals surface area (Å²) in [4.78, 5) is 31.2. The van der Waals surface area contributed by atoms with Crippen molar-refractivity contribution in [1.82, 2.24) is 20.6 Å². The molecule has 0 radical (unpaired) electrons. The number of nitrogens with zero attached hydrogens (tertiary/aromatic N) is 2. The predicted octanol–water partition coefficient (Wildman–Crippen LogP) is 3.32. The van der Waals surface area contributed by atoms with Crippen LogP contribution in [0.1, 0.15) is 40.2 Å². The minimum Gasteiger partial charge on any atom is -0.352 e. The third-order valence-corrected chi connectivity index (χ3v) is 4.39. The number of carbonyl (C=O) groups is 2. The highest BCUT2D eigenvalue weighted by molar-refractivity contribution is 5.94. The third kappa shape index (κ3) is 6.30. The van der Waals surface area contributed by atoms with Gasteiger partial charge in [-0.1, -0.05) is 12.1 Å². The van der Waals surface area contributed by atoms with Crippen molar-refractivity contribution in [1.29, 1.82) is 5.26 Å². The molecule has 160 valence electrons. The molecule has 3 rings (SSSR count). The molecule has 2 aromatic carbocycles. The lowest BCUT2D eigenvalue weighted by Gasteiger charge is -2.07. The number of amides is 2. The van der Waals surface area contributed by atoms with Gasteiger partial charge in [0.05, 0.1) is 35.6 Å². The Morgan fingerprint density at radius 2 is 1.90 bits per heavy atom. The number of halogens is 3. The average molecular weight is 429 g/mol. The van der Waals surface area contributed by atoms with Gasteiger partial charge in [0.1, 0.15) is 5.82 Å². The lowest BCUT2D eigenvalue weighted by Crippen LogP contribution is -2.24. The van der Waals surface area contributed by atoms with Crippen LogP contribution in [0.5, 0.6) is 0 Å². The molecule has 7 nitrogen and oxygen atoms in total. The molecule has 0 unspecified atom stereocenters. The molecule has 0 bridgehead atoms. The number of aromatic amines is 1. The van der Waals surface area contributed by atoms with Crippen molar-refractivity contribution in [2.24, 2.45) is 0 Å². The summed E-state index contributed by atoms with van der Waals surface area (Å²) in [5.74, 6) is -0.517. The van der Waals surface area contributed by atoms with Crippen molar-refractivity contribution in [3.05, 3.63) is 65.0 Å². The summed E-state index contributed by atoms with van der Waals surface area (Å²) in [6.45, 7) is 0.223. The van der Waals surface area contributed by atoms with Gasteiger partial charge in [0.15, 0.2) is 0 Å². The number of alkyl halides is 3. The van der Waals surface area contributed by atoms with Crippen molar-refractivity contribution < 1.29 is 22.8 Å². The molecule has 31 heavy (non-hydrogen) atoms. The van der Waals surface area contributed by atoms with Gasteiger partial charge in [-0.2, -0.15) is 18.4 Å². The Balaban J connectivity index is 1.57. The van der Waals surface area contributed by atoms with E-state index in [1.807, 2.05) is 6.07 Å². The first-order valence-electron chi connectivity index (χ1n) is 9.33. The van der Waals surface area contributed by atoms with Gasteiger partial charge in [-0.3, -0.25) is 9.59 Å². The van der Waals surface area contributed by atoms with Crippen molar-refractivity contribution in [3.8, 4) is 6.07 Å². The predicted molar refractivity (Wildman–Crippen MR) is 106 cm³/mol. The summed E-state index contributed by atoms with van der Waals surface area (Å²) < 4.78 is 36.5.